The summed E-state index contributed by atoms with van der Waals surface area (Å²) in [6, 6.07) is 0.954. The molecule has 10 heteroatoms. The van der Waals surface area contributed by atoms with Gasteiger partial charge in [-0.3, -0.25) is 4.79 Å². The Labute approximate surface area is 137 Å². The van der Waals surface area contributed by atoms with Crippen LogP contribution < -0.4 is 10.6 Å². The zero-order valence-electron chi connectivity index (χ0n) is 11.7. The van der Waals surface area contributed by atoms with E-state index < -0.39 is 26.4 Å². The zero-order chi connectivity index (χ0) is 15.6. The molecule has 0 aromatic carbocycles. The van der Waals surface area contributed by atoms with Crippen LogP contribution >= 0.6 is 23.7 Å². The van der Waals surface area contributed by atoms with E-state index in [1.165, 1.54) is 5.38 Å². The van der Waals surface area contributed by atoms with Gasteiger partial charge in [0.2, 0.25) is 9.84 Å². The van der Waals surface area contributed by atoms with Crippen molar-refractivity contribution in [2.24, 2.45) is 5.92 Å². The van der Waals surface area contributed by atoms with Gasteiger partial charge in [0.15, 0.2) is 0 Å². The van der Waals surface area contributed by atoms with Crippen LogP contribution in [0.15, 0.2) is 16.3 Å². The summed E-state index contributed by atoms with van der Waals surface area (Å²) >= 11 is 0.852. The van der Waals surface area contributed by atoms with Crippen LogP contribution in [0.3, 0.4) is 0 Å². The van der Waals surface area contributed by atoms with E-state index in [9.17, 15) is 22.0 Å². The summed E-state index contributed by atoms with van der Waals surface area (Å²) in [5.41, 5.74) is 0. The Kier molecular flexibility index (Phi) is 6.72. The highest BCUT2D eigenvalue weighted by molar-refractivity contribution is 7.92. The van der Waals surface area contributed by atoms with Crippen LogP contribution in [-0.4, -0.2) is 39.2 Å². The maximum absolute atomic E-state index is 12.6. The molecule has 2 N–H and O–H groups in total. The Morgan fingerprint density at radius 1 is 1.50 bits per heavy atom. The molecule has 2 heterocycles. The molecule has 22 heavy (non-hydrogen) atoms. The molecular weight excluding hydrogens is 358 g/mol. The van der Waals surface area contributed by atoms with Gasteiger partial charge in [0.25, 0.3) is 5.91 Å². The van der Waals surface area contributed by atoms with Crippen LogP contribution in [0.5, 0.6) is 0 Å². The molecule has 5 nitrogen and oxygen atoms in total. The van der Waals surface area contributed by atoms with E-state index >= 15 is 0 Å². The first kappa shape index (κ1) is 19.3. The van der Waals surface area contributed by atoms with Crippen LogP contribution in [-0.2, 0) is 9.84 Å². The van der Waals surface area contributed by atoms with Crippen molar-refractivity contribution < 1.29 is 22.0 Å². The second kappa shape index (κ2) is 7.67. The van der Waals surface area contributed by atoms with E-state index in [0.29, 0.717) is 0 Å². The largest absolute Gasteiger partial charge is 0.348 e. The molecule has 126 valence electrons. The van der Waals surface area contributed by atoms with E-state index in [1.54, 1.807) is 0 Å². The fraction of sp³-hybridized carbons (Fsp3) is 0.583. The van der Waals surface area contributed by atoms with Crippen molar-refractivity contribution in [1.82, 2.24) is 10.6 Å². The van der Waals surface area contributed by atoms with Crippen LogP contribution in [0.2, 0.25) is 0 Å². The number of carbonyl (C=O) groups is 1. The molecule has 2 unspecified atom stereocenters. The lowest BCUT2D eigenvalue weighted by atomic mass is 9.95. The number of nitrogens with one attached hydrogen (secondary N) is 2. The monoisotopic (exact) mass is 374 g/mol. The first-order valence-corrected chi connectivity index (χ1v) is 8.87. The molecular formula is C12H17ClF2N2O3S2. The maximum atomic E-state index is 12.6. The highest BCUT2D eigenvalue weighted by atomic mass is 35.5. The van der Waals surface area contributed by atoms with Gasteiger partial charge in [0.05, 0.1) is 4.90 Å². The van der Waals surface area contributed by atoms with Crippen molar-refractivity contribution in [1.29, 1.82) is 0 Å². The van der Waals surface area contributed by atoms with Crippen LogP contribution in [0.25, 0.3) is 0 Å². The summed E-state index contributed by atoms with van der Waals surface area (Å²) in [6.45, 7) is 3.46. The third kappa shape index (κ3) is 3.95. The second-order valence-electron chi connectivity index (χ2n) is 4.97. The molecule has 1 aromatic heterocycles. The molecule has 1 amide bonds. The molecule has 2 atom stereocenters. The lowest BCUT2D eigenvalue weighted by molar-refractivity contribution is 0.0915. The summed E-state index contributed by atoms with van der Waals surface area (Å²) in [7, 11) is -4.76. The van der Waals surface area contributed by atoms with Gasteiger partial charge >= 0.3 is 5.76 Å². The van der Waals surface area contributed by atoms with Crippen molar-refractivity contribution in [2.45, 2.75) is 30.0 Å². The number of thiophene rings is 1. The third-order valence-corrected chi connectivity index (χ3v) is 5.94. The summed E-state index contributed by atoms with van der Waals surface area (Å²) in [5, 5.41) is 7.25. The number of sulfone groups is 1. The summed E-state index contributed by atoms with van der Waals surface area (Å²) in [4.78, 5) is 11.4. The quantitative estimate of drug-likeness (QED) is 0.844. The Hall–Kier alpha value is -0.770. The third-order valence-electron chi connectivity index (χ3n) is 3.48. The molecule has 0 radical (unpaired) electrons. The molecule has 2 rings (SSSR count). The number of piperidine rings is 1. The Bertz CT molecular complexity index is 622. The van der Waals surface area contributed by atoms with Crippen LogP contribution in [0.4, 0.5) is 8.78 Å². The first-order valence-electron chi connectivity index (χ1n) is 6.45. The van der Waals surface area contributed by atoms with Crippen molar-refractivity contribution >= 4 is 39.5 Å². The van der Waals surface area contributed by atoms with Crippen molar-refractivity contribution in [2.75, 3.05) is 13.1 Å². The Balaban J connectivity index is 0.00000242. The highest BCUT2D eigenvalue weighted by Gasteiger charge is 2.33. The van der Waals surface area contributed by atoms with Gasteiger partial charge in [0, 0.05) is 6.04 Å². The number of alkyl halides is 2. The number of hydrogen-bond acceptors (Lipinski definition) is 5. The molecule has 1 saturated heterocycles. The summed E-state index contributed by atoms with van der Waals surface area (Å²) < 4.78 is 48.3. The Morgan fingerprint density at radius 3 is 2.77 bits per heavy atom. The normalized spacial score (nSPS) is 22.2. The molecule has 0 aliphatic carbocycles. The number of halogens is 3. The molecule has 1 aromatic rings. The van der Waals surface area contributed by atoms with Gasteiger partial charge in [-0.1, -0.05) is 6.92 Å². The second-order valence-corrected chi connectivity index (χ2v) is 7.77. The number of carbonyl (C=O) groups excluding carboxylic acids is 1. The molecule has 0 saturated carbocycles. The minimum absolute atomic E-state index is 0. The van der Waals surface area contributed by atoms with Gasteiger partial charge in [0.1, 0.15) is 4.88 Å². The maximum Gasteiger partial charge on any atom is 0.341 e. The predicted molar refractivity (Wildman–Crippen MR) is 82.7 cm³/mol. The first-order chi connectivity index (χ1) is 9.84. The molecule has 1 fully saturated rings. The number of rotatable bonds is 4. The average molecular weight is 375 g/mol. The fourth-order valence-corrected chi connectivity index (χ4v) is 4.32. The van der Waals surface area contributed by atoms with Crippen LogP contribution in [0.1, 0.15) is 23.0 Å². The van der Waals surface area contributed by atoms with Gasteiger partial charge in [-0.05, 0) is 36.9 Å². The average Bonchev–Trinajstić information content (AvgIpc) is 2.91. The Morgan fingerprint density at radius 2 is 2.18 bits per heavy atom. The predicted octanol–water partition coefficient (Wildman–Crippen LogP) is 1.89. The van der Waals surface area contributed by atoms with Crippen molar-refractivity contribution in [3.63, 3.8) is 0 Å². The van der Waals surface area contributed by atoms with Crippen LogP contribution in [0, 0.1) is 5.92 Å². The minimum Gasteiger partial charge on any atom is -0.348 e. The highest BCUT2D eigenvalue weighted by Crippen LogP contribution is 2.27. The smallest absolute Gasteiger partial charge is 0.341 e. The van der Waals surface area contributed by atoms with Gasteiger partial charge in [-0.2, -0.15) is 8.78 Å². The van der Waals surface area contributed by atoms with Crippen molar-refractivity contribution in [3.05, 3.63) is 16.3 Å². The fourth-order valence-electron chi connectivity index (χ4n) is 2.25. The lowest BCUT2D eigenvalue weighted by Crippen LogP contribution is -2.48. The van der Waals surface area contributed by atoms with Crippen molar-refractivity contribution in [3.8, 4) is 0 Å². The topological polar surface area (TPSA) is 75.3 Å². The summed E-state index contributed by atoms with van der Waals surface area (Å²) in [6.07, 6.45) is 0.717. The number of hydrogen-bond donors (Lipinski definition) is 2. The van der Waals surface area contributed by atoms with E-state index in [2.05, 4.69) is 10.6 Å². The molecule has 1 aliphatic heterocycles. The standard InChI is InChI=1S/C12H16F2N2O3S2.ClH/c1-7-6-15-4-2-8(7)16-11(17)10-9(3-5-20-10)21(18,19)12(13)14;/h3,5,7-8,12,15H,2,4,6H2,1H3,(H,16,17);1H. The molecule has 0 spiro atoms. The summed E-state index contributed by atoms with van der Waals surface area (Å²) in [5.74, 6) is -3.95. The molecule has 0 bridgehead atoms. The minimum atomic E-state index is -4.76. The van der Waals surface area contributed by atoms with E-state index in [0.717, 1.165) is 36.9 Å². The van der Waals surface area contributed by atoms with Gasteiger partial charge < -0.3 is 10.6 Å². The van der Waals surface area contributed by atoms with E-state index in [4.69, 9.17) is 0 Å². The van der Waals surface area contributed by atoms with E-state index in [1.807, 2.05) is 6.92 Å². The number of amides is 1. The lowest BCUT2D eigenvalue weighted by Gasteiger charge is -2.30. The van der Waals surface area contributed by atoms with E-state index in [-0.39, 0.29) is 29.2 Å². The molecule has 1 aliphatic rings. The SMILES string of the molecule is CC1CNCCC1NC(=O)c1sccc1S(=O)(=O)C(F)F.Cl. The van der Waals surface area contributed by atoms with Gasteiger partial charge in [-0.15, -0.1) is 23.7 Å². The zero-order valence-corrected chi connectivity index (χ0v) is 14.2. The van der Waals surface area contributed by atoms with Gasteiger partial charge in [-0.25, -0.2) is 8.42 Å².